The molecule has 1 radical (unpaired) electrons. The van der Waals surface area contributed by atoms with Crippen LogP contribution >= 0.6 is 0 Å². The number of hydrogen-bond acceptors (Lipinski definition) is 1. The lowest BCUT2D eigenvalue weighted by atomic mass is 10.1. The molecule has 0 aliphatic rings. The van der Waals surface area contributed by atoms with Gasteiger partial charge in [0, 0.05) is 12.4 Å². The molecule has 1 unspecified atom stereocenters. The first-order valence-electron chi connectivity index (χ1n) is 3.40. The number of pyridine rings is 1. The van der Waals surface area contributed by atoms with E-state index in [1.807, 2.05) is 6.92 Å². The summed E-state index contributed by atoms with van der Waals surface area (Å²) in [6.07, 6.45) is 3.36. The standard InChI is InChI=1S/C8H10NO/c1-2-8(10)7-3-5-9-6-4-7/h3-6,8H,2H2,1H3. The Labute approximate surface area is 60.5 Å². The zero-order chi connectivity index (χ0) is 7.40. The highest BCUT2D eigenvalue weighted by Gasteiger charge is 2.03. The maximum absolute atomic E-state index is 11.1. The predicted molar refractivity (Wildman–Crippen MR) is 38.0 cm³/mol. The Kier molecular flexibility index (Phi) is 2.40. The molecule has 0 aliphatic heterocycles. The van der Waals surface area contributed by atoms with Gasteiger partial charge in [0.15, 0.2) is 0 Å². The molecule has 1 heterocycles. The molecule has 1 aromatic heterocycles. The molecule has 0 saturated carbocycles. The molecular weight excluding hydrogens is 126 g/mol. The first-order chi connectivity index (χ1) is 4.84. The van der Waals surface area contributed by atoms with Gasteiger partial charge in [-0.25, -0.2) is 5.11 Å². The molecule has 0 aromatic carbocycles. The van der Waals surface area contributed by atoms with E-state index in [2.05, 4.69) is 4.98 Å². The average molecular weight is 136 g/mol. The van der Waals surface area contributed by atoms with Gasteiger partial charge in [0.2, 0.25) is 0 Å². The number of hydrogen-bond donors (Lipinski definition) is 0. The zero-order valence-electron chi connectivity index (χ0n) is 5.95. The van der Waals surface area contributed by atoms with Crippen molar-refractivity contribution in [2.75, 3.05) is 0 Å². The van der Waals surface area contributed by atoms with Crippen molar-refractivity contribution in [3.05, 3.63) is 30.1 Å². The molecular formula is C8H10NO. The van der Waals surface area contributed by atoms with E-state index in [1.54, 1.807) is 24.5 Å². The van der Waals surface area contributed by atoms with Crippen LogP contribution < -0.4 is 0 Å². The summed E-state index contributed by atoms with van der Waals surface area (Å²) in [5, 5.41) is 11.1. The van der Waals surface area contributed by atoms with Gasteiger partial charge in [0.05, 0.1) is 0 Å². The highest BCUT2D eigenvalue weighted by atomic mass is 16.3. The second kappa shape index (κ2) is 3.32. The van der Waals surface area contributed by atoms with Crippen LogP contribution in [-0.4, -0.2) is 4.98 Å². The Morgan fingerprint density at radius 2 is 2.10 bits per heavy atom. The van der Waals surface area contributed by atoms with E-state index < -0.39 is 6.10 Å². The van der Waals surface area contributed by atoms with Crippen LogP contribution in [0.25, 0.3) is 0 Å². The van der Waals surface area contributed by atoms with Gasteiger partial charge in [-0.2, -0.15) is 0 Å². The van der Waals surface area contributed by atoms with E-state index >= 15 is 0 Å². The Balaban J connectivity index is 2.75. The third-order valence-electron chi connectivity index (χ3n) is 1.45. The van der Waals surface area contributed by atoms with Crippen LogP contribution in [0.1, 0.15) is 25.0 Å². The van der Waals surface area contributed by atoms with Gasteiger partial charge in [0.25, 0.3) is 0 Å². The molecule has 53 valence electrons. The molecule has 0 bridgehead atoms. The predicted octanol–water partition coefficient (Wildman–Crippen LogP) is 1.96. The molecule has 0 saturated heterocycles. The van der Waals surface area contributed by atoms with Crippen molar-refractivity contribution < 1.29 is 5.11 Å². The Hall–Kier alpha value is -0.890. The lowest BCUT2D eigenvalue weighted by molar-refractivity contribution is 0.0856. The highest BCUT2D eigenvalue weighted by molar-refractivity contribution is 5.12. The molecule has 0 aliphatic carbocycles. The maximum atomic E-state index is 11.1. The molecule has 0 fully saturated rings. The minimum Gasteiger partial charge on any atom is -0.265 e. The van der Waals surface area contributed by atoms with Gasteiger partial charge in [0.1, 0.15) is 6.10 Å². The van der Waals surface area contributed by atoms with Gasteiger partial charge in [-0.1, -0.05) is 6.92 Å². The molecule has 0 amide bonds. The van der Waals surface area contributed by atoms with E-state index in [0.29, 0.717) is 6.42 Å². The van der Waals surface area contributed by atoms with Crippen molar-refractivity contribution >= 4 is 0 Å². The molecule has 0 spiro atoms. The fourth-order valence-corrected chi connectivity index (χ4v) is 0.814. The summed E-state index contributed by atoms with van der Waals surface area (Å²) in [5.74, 6) is 0. The van der Waals surface area contributed by atoms with Crippen molar-refractivity contribution in [3.63, 3.8) is 0 Å². The summed E-state index contributed by atoms with van der Waals surface area (Å²) < 4.78 is 0. The lowest BCUT2D eigenvalue weighted by Crippen LogP contribution is -1.92. The second-order valence-electron chi connectivity index (χ2n) is 2.18. The van der Waals surface area contributed by atoms with Crippen LogP contribution in [0.3, 0.4) is 0 Å². The number of nitrogens with zero attached hydrogens (tertiary/aromatic N) is 1. The van der Waals surface area contributed by atoms with E-state index in [9.17, 15) is 5.11 Å². The van der Waals surface area contributed by atoms with Crippen molar-refractivity contribution in [1.82, 2.24) is 4.98 Å². The number of rotatable bonds is 2. The SMILES string of the molecule is CCC([O])c1ccncc1. The van der Waals surface area contributed by atoms with E-state index in [-0.39, 0.29) is 0 Å². The third-order valence-corrected chi connectivity index (χ3v) is 1.45. The minimum absolute atomic E-state index is 0.581. The maximum Gasteiger partial charge on any atom is 0.118 e. The topological polar surface area (TPSA) is 32.8 Å². The highest BCUT2D eigenvalue weighted by Crippen LogP contribution is 2.14. The largest absolute Gasteiger partial charge is 0.265 e. The summed E-state index contributed by atoms with van der Waals surface area (Å²) in [6, 6.07) is 3.53. The van der Waals surface area contributed by atoms with Crippen molar-refractivity contribution in [3.8, 4) is 0 Å². The second-order valence-corrected chi connectivity index (χ2v) is 2.18. The van der Waals surface area contributed by atoms with Gasteiger partial charge >= 0.3 is 0 Å². The van der Waals surface area contributed by atoms with Crippen molar-refractivity contribution in [2.24, 2.45) is 0 Å². The molecule has 1 aromatic rings. The third kappa shape index (κ3) is 1.54. The monoisotopic (exact) mass is 136 g/mol. The Bertz CT molecular complexity index is 186. The van der Waals surface area contributed by atoms with Crippen LogP contribution in [0.5, 0.6) is 0 Å². The fraction of sp³-hybridized carbons (Fsp3) is 0.375. The van der Waals surface area contributed by atoms with Crippen LogP contribution in [0, 0.1) is 0 Å². The Morgan fingerprint density at radius 1 is 1.50 bits per heavy atom. The first kappa shape index (κ1) is 7.22. The van der Waals surface area contributed by atoms with E-state index in [0.717, 1.165) is 5.56 Å². The normalized spacial score (nSPS) is 13.0. The first-order valence-corrected chi connectivity index (χ1v) is 3.40. The van der Waals surface area contributed by atoms with Crippen LogP contribution in [0.2, 0.25) is 0 Å². The van der Waals surface area contributed by atoms with Gasteiger partial charge in [-0.05, 0) is 24.1 Å². The fourth-order valence-electron chi connectivity index (χ4n) is 0.814. The number of aromatic nitrogens is 1. The smallest absolute Gasteiger partial charge is 0.118 e. The van der Waals surface area contributed by atoms with E-state index in [1.165, 1.54) is 0 Å². The molecule has 1 atom stereocenters. The van der Waals surface area contributed by atoms with Gasteiger partial charge < -0.3 is 0 Å². The molecule has 10 heavy (non-hydrogen) atoms. The molecule has 1 rings (SSSR count). The average Bonchev–Trinajstić information content (AvgIpc) is 2.05. The quantitative estimate of drug-likeness (QED) is 0.611. The summed E-state index contributed by atoms with van der Waals surface area (Å²) in [5.41, 5.74) is 0.831. The van der Waals surface area contributed by atoms with Crippen LogP contribution in [-0.2, 0) is 5.11 Å². The summed E-state index contributed by atoms with van der Waals surface area (Å²) >= 11 is 0. The Morgan fingerprint density at radius 3 is 2.60 bits per heavy atom. The summed E-state index contributed by atoms with van der Waals surface area (Å²) in [4.78, 5) is 3.82. The van der Waals surface area contributed by atoms with Crippen molar-refractivity contribution in [1.29, 1.82) is 0 Å². The van der Waals surface area contributed by atoms with Crippen LogP contribution in [0.15, 0.2) is 24.5 Å². The molecule has 2 nitrogen and oxygen atoms in total. The van der Waals surface area contributed by atoms with Gasteiger partial charge in [-0.3, -0.25) is 4.98 Å². The van der Waals surface area contributed by atoms with Gasteiger partial charge in [-0.15, -0.1) is 0 Å². The summed E-state index contributed by atoms with van der Waals surface area (Å²) in [7, 11) is 0. The molecule has 0 N–H and O–H groups in total. The summed E-state index contributed by atoms with van der Waals surface area (Å²) in [6.45, 7) is 1.89. The van der Waals surface area contributed by atoms with Crippen molar-refractivity contribution in [2.45, 2.75) is 19.4 Å². The zero-order valence-corrected chi connectivity index (χ0v) is 5.95. The van der Waals surface area contributed by atoms with Crippen LogP contribution in [0.4, 0.5) is 0 Å². The molecule has 2 heteroatoms. The van der Waals surface area contributed by atoms with E-state index in [4.69, 9.17) is 0 Å². The minimum atomic E-state index is -0.581. The lowest BCUT2D eigenvalue weighted by Gasteiger charge is -2.02.